The molecular weight excluding hydrogens is 522 g/mol. The van der Waals surface area contributed by atoms with Crippen LogP contribution >= 0.6 is 15.9 Å². The number of sulfonamides is 1. The number of halogens is 1. The van der Waals surface area contributed by atoms with Crippen LogP contribution in [0.2, 0.25) is 0 Å². The average molecular weight is 550 g/mol. The van der Waals surface area contributed by atoms with E-state index >= 15 is 0 Å². The van der Waals surface area contributed by atoms with Gasteiger partial charge in [0.1, 0.15) is 10.9 Å². The minimum atomic E-state index is -4.01. The van der Waals surface area contributed by atoms with Crippen LogP contribution in [0, 0.1) is 5.92 Å². The third kappa shape index (κ3) is 5.67. The molecule has 0 unspecified atom stereocenters. The van der Waals surface area contributed by atoms with Gasteiger partial charge in [0.2, 0.25) is 11.8 Å². The first-order chi connectivity index (χ1) is 16.0. The first-order valence-electron chi connectivity index (χ1n) is 11.0. The lowest BCUT2D eigenvalue weighted by Gasteiger charge is -2.29. The van der Waals surface area contributed by atoms with Crippen molar-refractivity contribution in [2.45, 2.75) is 44.7 Å². The summed E-state index contributed by atoms with van der Waals surface area (Å²) in [5, 5.41) is 2.84. The van der Waals surface area contributed by atoms with Gasteiger partial charge in [-0.1, -0.05) is 54.0 Å². The van der Waals surface area contributed by atoms with Crippen molar-refractivity contribution in [1.29, 1.82) is 0 Å². The van der Waals surface area contributed by atoms with Crippen LogP contribution in [0.1, 0.15) is 43.1 Å². The van der Waals surface area contributed by atoms with Gasteiger partial charge in [-0.05, 0) is 42.7 Å². The summed E-state index contributed by atoms with van der Waals surface area (Å²) in [5.74, 6) is -1.11. The predicted molar refractivity (Wildman–Crippen MR) is 131 cm³/mol. The number of carbonyl (C=O) groups excluding carboxylic acids is 3. The smallest absolute Gasteiger partial charge is 0.269 e. The molecule has 3 rings (SSSR count). The fraction of sp³-hybridized carbons (Fsp3) is 0.375. The van der Waals surface area contributed by atoms with Gasteiger partial charge in [0.15, 0.2) is 0 Å². The summed E-state index contributed by atoms with van der Waals surface area (Å²) < 4.78 is 27.2. The lowest BCUT2D eigenvalue weighted by atomic mass is 10.1. The highest BCUT2D eigenvalue weighted by Gasteiger charge is 2.41. The molecule has 2 aromatic carbocycles. The maximum absolute atomic E-state index is 13.2. The molecular formula is C24H28BrN3O5S. The second kappa shape index (κ2) is 10.7. The van der Waals surface area contributed by atoms with Gasteiger partial charge >= 0.3 is 0 Å². The molecule has 0 bridgehead atoms. The summed E-state index contributed by atoms with van der Waals surface area (Å²) in [6, 6.07) is 12.6. The number of benzene rings is 2. The van der Waals surface area contributed by atoms with Gasteiger partial charge in [-0.25, -0.2) is 12.7 Å². The largest absolute Gasteiger partial charge is 0.354 e. The van der Waals surface area contributed by atoms with Gasteiger partial charge in [0.25, 0.3) is 15.9 Å². The molecule has 0 aliphatic carbocycles. The van der Waals surface area contributed by atoms with E-state index in [9.17, 15) is 22.8 Å². The van der Waals surface area contributed by atoms with Gasteiger partial charge in [-0.2, -0.15) is 0 Å². The molecule has 0 fully saturated rings. The molecule has 1 aliphatic heterocycles. The summed E-state index contributed by atoms with van der Waals surface area (Å²) in [6.07, 6.45) is -0.239. The van der Waals surface area contributed by atoms with Crippen LogP contribution in [0.5, 0.6) is 0 Å². The van der Waals surface area contributed by atoms with E-state index in [2.05, 4.69) is 21.2 Å². The predicted octanol–water partition coefficient (Wildman–Crippen LogP) is 3.17. The number of hydrogen-bond acceptors (Lipinski definition) is 5. The lowest BCUT2D eigenvalue weighted by Crippen LogP contribution is -2.49. The first kappa shape index (κ1) is 25.9. The fourth-order valence-corrected chi connectivity index (χ4v) is 5.45. The molecule has 0 aromatic heterocycles. The number of amides is 3. The van der Waals surface area contributed by atoms with Crippen molar-refractivity contribution in [3.63, 3.8) is 0 Å². The average Bonchev–Trinajstić information content (AvgIpc) is 3.00. The summed E-state index contributed by atoms with van der Waals surface area (Å²) >= 11 is 3.38. The Morgan fingerprint density at radius 3 is 2.32 bits per heavy atom. The molecule has 1 heterocycles. The van der Waals surface area contributed by atoms with Crippen LogP contribution in [0.3, 0.4) is 0 Å². The Labute approximate surface area is 208 Å². The number of hydrogen-bond donors (Lipinski definition) is 1. The molecule has 34 heavy (non-hydrogen) atoms. The Balaban J connectivity index is 1.77. The summed E-state index contributed by atoms with van der Waals surface area (Å²) in [6.45, 7) is 5.93. The Morgan fingerprint density at radius 2 is 1.71 bits per heavy atom. The Bertz CT molecular complexity index is 1180. The van der Waals surface area contributed by atoms with Gasteiger partial charge in [0.05, 0.1) is 5.56 Å². The highest BCUT2D eigenvalue weighted by Crippen LogP contribution is 2.30. The Hall–Kier alpha value is -2.72. The van der Waals surface area contributed by atoms with Gasteiger partial charge in [-0.15, -0.1) is 0 Å². The van der Waals surface area contributed by atoms with Crippen molar-refractivity contribution in [3.05, 3.63) is 64.1 Å². The third-order valence-corrected chi connectivity index (χ3v) is 7.93. The highest BCUT2D eigenvalue weighted by atomic mass is 79.9. The summed E-state index contributed by atoms with van der Waals surface area (Å²) in [4.78, 5) is 40.0. The van der Waals surface area contributed by atoms with Crippen molar-refractivity contribution >= 4 is 43.7 Å². The number of fused-ring (bicyclic) bond motifs is 1. The fourth-order valence-electron chi connectivity index (χ4n) is 3.61. The van der Waals surface area contributed by atoms with Crippen LogP contribution < -0.4 is 5.32 Å². The number of nitrogens with one attached hydrogen (secondary N) is 1. The molecule has 1 N–H and O–H groups in total. The van der Waals surface area contributed by atoms with E-state index in [1.807, 2.05) is 38.1 Å². The topological polar surface area (TPSA) is 104 Å². The van der Waals surface area contributed by atoms with E-state index in [0.29, 0.717) is 6.54 Å². The van der Waals surface area contributed by atoms with Crippen molar-refractivity contribution in [2.75, 3.05) is 13.1 Å². The molecule has 0 spiro atoms. The minimum absolute atomic E-state index is 0.0550. The van der Waals surface area contributed by atoms with E-state index < -0.39 is 27.9 Å². The molecule has 3 amide bonds. The normalized spacial score (nSPS) is 15.2. The zero-order valence-electron chi connectivity index (χ0n) is 19.3. The molecule has 0 radical (unpaired) electrons. The van der Waals surface area contributed by atoms with E-state index in [4.69, 9.17) is 0 Å². The molecule has 182 valence electrons. The minimum Gasteiger partial charge on any atom is -0.354 e. The molecule has 0 saturated heterocycles. The van der Waals surface area contributed by atoms with Crippen LogP contribution in [-0.2, 0) is 26.2 Å². The SMILES string of the molecule is CC(C)CNC(=O)[C@@H](C)N(Cc1ccc(Br)cc1)C(=O)CCN1C(=O)c2ccccc2S1(=O)=O. The second-order valence-electron chi connectivity index (χ2n) is 8.59. The molecule has 0 saturated carbocycles. The van der Waals surface area contributed by atoms with Crippen molar-refractivity contribution in [3.8, 4) is 0 Å². The van der Waals surface area contributed by atoms with Gasteiger partial charge in [0, 0.05) is 30.5 Å². The molecule has 10 heteroatoms. The highest BCUT2D eigenvalue weighted by molar-refractivity contribution is 9.10. The number of rotatable bonds is 9. The van der Waals surface area contributed by atoms with Gasteiger partial charge < -0.3 is 10.2 Å². The van der Waals surface area contributed by atoms with Gasteiger partial charge in [-0.3, -0.25) is 14.4 Å². The van der Waals surface area contributed by atoms with Crippen molar-refractivity contribution < 1.29 is 22.8 Å². The third-order valence-electron chi connectivity index (χ3n) is 5.56. The quantitative estimate of drug-likeness (QED) is 0.517. The van der Waals surface area contributed by atoms with Crippen LogP contribution in [-0.4, -0.2) is 54.5 Å². The van der Waals surface area contributed by atoms with Crippen molar-refractivity contribution in [2.24, 2.45) is 5.92 Å². The zero-order valence-corrected chi connectivity index (χ0v) is 21.7. The molecule has 1 aliphatic rings. The number of nitrogens with zero attached hydrogens (tertiary/aromatic N) is 2. The van der Waals surface area contributed by atoms with E-state index in [0.717, 1.165) is 14.3 Å². The first-order valence-corrected chi connectivity index (χ1v) is 13.2. The van der Waals surface area contributed by atoms with E-state index in [-0.39, 0.29) is 41.8 Å². The van der Waals surface area contributed by atoms with Crippen LogP contribution in [0.15, 0.2) is 57.9 Å². The maximum Gasteiger partial charge on any atom is 0.269 e. The standard InChI is InChI=1S/C24H28BrN3O5S/c1-16(2)14-26-23(30)17(3)27(15-18-8-10-19(25)11-9-18)22(29)12-13-28-24(31)20-6-4-5-7-21(20)34(28,32)33/h4-11,16-17H,12-15H2,1-3H3,(H,26,30)/t17-/m1/s1. The molecule has 1 atom stereocenters. The summed E-state index contributed by atoms with van der Waals surface area (Å²) in [7, 11) is -4.01. The Kier molecular flexibility index (Phi) is 8.14. The van der Waals surface area contributed by atoms with Crippen LogP contribution in [0.4, 0.5) is 0 Å². The van der Waals surface area contributed by atoms with E-state index in [1.54, 1.807) is 19.1 Å². The zero-order chi connectivity index (χ0) is 25.0. The molecule has 8 nitrogen and oxygen atoms in total. The monoisotopic (exact) mass is 549 g/mol. The maximum atomic E-state index is 13.2. The van der Waals surface area contributed by atoms with Crippen LogP contribution in [0.25, 0.3) is 0 Å². The molecule has 2 aromatic rings. The lowest BCUT2D eigenvalue weighted by molar-refractivity contribution is -0.140. The second-order valence-corrected chi connectivity index (χ2v) is 11.3. The Morgan fingerprint density at radius 1 is 1.06 bits per heavy atom. The van der Waals surface area contributed by atoms with Crippen molar-refractivity contribution in [1.82, 2.24) is 14.5 Å². The van der Waals surface area contributed by atoms with E-state index in [1.165, 1.54) is 17.0 Å². The number of carbonyl (C=O) groups is 3. The summed E-state index contributed by atoms with van der Waals surface area (Å²) in [5.41, 5.74) is 0.917.